The predicted octanol–water partition coefficient (Wildman–Crippen LogP) is 22.8. The molecule has 0 spiro atoms. The third-order valence-electron chi connectivity index (χ3n) is 17.0. The molecule has 2 aromatic heterocycles. The lowest BCUT2D eigenvalue weighted by molar-refractivity contribution is 0.590. The minimum absolute atomic E-state index is 0.305. The molecule has 0 bridgehead atoms. The molecule has 0 aliphatic carbocycles. The van der Waals surface area contributed by atoms with E-state index in [-0.39, 0.29) is 5.41 Å². The van der Waals surface area contributed by atoms with Crippen molar-refractivity contribution in [1.82, 2.24) is 9.13 Å². The molecule has 0 N–H and O–H groups in total. The number of rotatable bonds is 12. The highest BCUT2D eigenvalue weighted by Gasteiger charge is 2.29. The van der Waals surface area contributed by atoms with Crippen LogP contribution in [0.4, 0.5) is 34.1 Å². The van der Waals surface area contributed by atoms with E-state index in [1.54, 1.807) is 0 Å². The summed E-state index contributed by atoms with van der Waals surface area (Å²) in [5, 5.41) is 4.89. The lowest BCUT2D eigenvalue weighted by Crippen LogP contribution is -2.19. The molecule has 0 unspecified atom stereocenters. The van der Waals surface area contributed by atoms with E-state index in [2.05, 4.69) is 361 Å². The van der Waals surface area contributed by atoms with Gasteiger partial charge in [0.1, 0.15) is 0 Å². The molecule has 0 saturated heterocycles. The number of anilines is 6. The molecule has 15 aromatic rings. The van der Waals surface area contributed by atoms with Gasteiger partial charge in [0.05, 0.1) is 33.4 Å². The van der Waals surface area contributed by atoms with Gasteiger partial charge in [-0.2, -0.15) is 0 Å². The number of para-hydroxylation sites is 6. The Morgan fingerprint density at radius 2 is 0.523 bits per heavy atom. The first-order chi connectivity index (χ1) is 42.3. The van der Waals surface area contributed by atoms with Gasteiger partial charge in [-0.1, -0.05) is 263 Å². The number of nitrogens with zero attached hydrogens (tertiary/aromatic N) is 4. The zero-order chi connectivity index (χ0) is 57.7. The van der Waals surface area contributed by atoms with E-state index in [4.69, 9.17) is 0 Å². The van der Waals surface area contributed by atoms with Crippen LogP contribution in [0.1, 0.15) is 26.3 Å². The summed E-state index contributed by atoms with van der Waals surface area (Å²) >= 11 is 0. The lowest BCUT2D eigenvalue weighted by atomic mass is 9.85. The standard InChI is InChI=1S/C82H62N4/c1-82(2,3)61-52-66(83(80-68(57-28-8-4-9-29-57)44-26-45-69(80)58-30-10-5-11-31-58)62-36-24-38-64(54-62)85-76-48-20-16-40-72(76)73-41-17-21-49-77(73)85)56-67(53-61)84(81-70(59-32-12-6-13-33-59)46-27-47-71(81)60-34-14-7-15-35-60)63-37-25-39-65(55-63)86-78-50-22-18-42-74(78)75-43-19-23-51-79(75)86/h4-56H,1-3H3. The lowest BCUT2D eigenvalue weighted by Gasteiger charge is -2.35. The molecule has 410 valence electrons. The zero-order valence-corrected chi connectivity index (χ0v) is 48.4. The van der Waals surface area contributed by atoms with Crippen LogP contribution in [-0.4, -0.2) is 9.13 Å². The van der Waals surface area contributed by atoms with Crippen molar-refractivity contribution in [3.63, 3.8) is 0 Å². The van der Waals surface area contributed by atoms with Crippen molar-refractivity contribution >= 4 is 77.7 Å². The first-order valence-electron chi connectivity index (χ1n) is 29.7. The highest BCUT2D eigenvalue weighted by atomic mass is 15.2. The fourth-order valence-electron chi connectivity index (χ4n) is 13.0. The molecule has 0 aliphatic rings. The van der Waals surface area contributed by atoms with Crippen molar-refractivity contribution in [1.29, 1.82) is 0 Å². The minimum Gasteiger partial charge on any atom is -0.309 e. The Hall–Kier alpha value is -10.9. The summed E-state index contributed by atoms with van der Waals surface area (Å²) in [6, 6.07) is 118. The van der Waals surface area contributed by atoms with Crippen LogP contribution in [0.25, 0.3) is 99.5 Å². The molecule has 4 heteroatoms. The quantitative estimate of drug-likeness (QED) is 0.121. The molecule has 4 nitrogen and oxygen atoms in total. The van der Waals surface area contributed by atoms with E-state index in [9.17, 15) is 0 Å². The maximum Gasteiger partial charge on any atom is 0.0618 e. The van der Waals surface area contributed by atoms with Crippen molar-refractivity contribution < 1.29 is 0 Å². The molecule has 0 fully saturated rings. The molecule has 0 amide bonds. The van der Waals surface area contributed by atoms with E-state index in [1.807, 2.05) is 0 Å². The fraction of sp³-hybridized carbons (Fsp3) is 0.0488. The molecule has 15 rings (SSSR count). The van der Waals surface area contributed by atoms with E-state index in [1.165, 1.54) is 27.1 Å². The van der Waals surface area contributed by atoms with Gasteiger partial charge in [0.2, 0.25) is 0 Å². The minimum atomic E-state index is -0.305. The smallest absolute Gasteiger partial charge is 0.0618 e. The van der Waals surface area contributed by atoms with Crippen molar-refractivity contribution in [2.75, 3.05) is 9.80 Å². The van der Waals surface area contributed by atoms with Gasteiger partial charge < -0.3 is 18.9 Å². The molecule has 0 saturated carbocycles. The average Bonchev–Trinajstić information content (AvgIpc) is 1.36. The van der Waals surface area contributed by atoms with Crippen LogP contribution in [-0.2, 0) is 5.41 Å². The van der Waals surface area contributed by atoms with Crippen molar-refractivity contribution in [2.24, 2.45) is 0 Å². The summed E-state index contributed by atoms with van der Waals surface area (Å²) in [6.45, 7) is 7.03. The van der Waals surface area contributed by atoms with Crippen LogP contribution < -0.4 is 9.80 Å². The van der Waals surface area contributed by atoms with Crippen molar-refractivity contribution in [3.05, 3.63) is 327 Å². The Bertz CT molecular complexity index is 4450. The van der Waals surface area contributed by atoms with Gasteiger partial charge in [0.25, 0.3) is 0 Å². The van der Waals surface area contributed by atoms with E-state index in [0.29, 0.717) is 0 Å². The largest absolute Gasteiger partial charge is 0.309 e. The van der Waals surface area contributed by atoms with Gasteiger partial charge in [-0.25, -0.2) is 0 Å². The molecule has 0 radical (unpaired) electrons. The second kappa shape index (κ2) is 21.7. The second-order valence-electron chi connectivity index (χ2n) is 23.3. The average molecular weight is 1100 g/mol. The van der Waals surface area contributed by atoms with Gasteiger partial charge in [-0.05, 0) is 112 Å². The predicted molar refractivity (Wildman–Crippen MR) is 365 cm³/mol. The Kier molecular flexibility index (Phi) is 13.1. The zero-order valence-electron chi connectivity index (χ0n) is 48.4. The first kappa shape index (κ1) is 51.9. The van der Waals surface area contributed by atoms with Crippen LogP contribution in [0, 0.1) is 0 Å². The van der Waals surface area contributed by atoms with Gasteiger partial charge >= 0.3 is 0 Å². The second-order valence-corrected chi connectivity index (χ2v) is 23.3. The number of hydrogen-bond acceptors (Lipinski definition) is 2. The summed E-state index contributed by atoms with van der Waals surface area (Å²) in [5.74, 6) is 0. The SMILES string of the molecule is CC(C)(C)c1cc(N(c2cccc(-n3c4ccccc4c4ccccc43)c2)c2c(-c3ccccc3)cccc2-c2ccccc2)cc(N(c2cccc(-n3c4ccccc4c4ccccc43)c2)c2c(-c3ccccc3)cccc2-c2ccccc2)c1. The van der Waals surface area contributed by atoms with Crippen LogP contribution in [0.15, 0.2) is 322 Å². The van der Waals surface area contributed by atoms with Gasteiger partial charge in [-0.15, -0.1) is 0 Å². The number of benzene rings is 13. The van der Waals surface area contributed by atoms with Crippen LogP contribution in [0.2, 0.25) is 0 Å². The van der Waals surface area contributed by atoms with E-state index >= 15 is 0 Å². The normalized spacial score (nSPS) is 11.7. The summed E-state index contributed by atoms with van der Waals surface area (Å²) in [6.07, 6.45) is 0. The summed E-state index contributed by atoms with van der Waals surface area (Å²) < 4.78 is 4.87. The Morgan fingerprint density at radius 1 is 0.244 bits per heavy atom. The van der Waals surface area contributed by atoms with Crippen LogP contribution >= 0.6 is 0 Å². The van der Waals surface area contributed by atoms with E-state index in [0.717, 1.165) is 112 Å². The van der Waals surface area contributed by atoms with Gasteiger partial charge in [0, 0.05) is 77.9 Å². The Labute approximate surface area is 503 Å². The summed E-state index contributed by atoms with van der Waals surface area (Å²) in [5.41, 5.74) is 22.9. The van der Waals surface area contributed by atoms with Crippen LogP contribution in [0.3, 0.4) is 0 Å². The highest BCUT2D eigenvalue weighted by Crippen LogP contribution is 2.52. The third-order valence-corrected chi connectivity index (χ3v) is 17.0. The molecule has 0 atom stereocenters. The molecular formula is C82H62N4. The Morgan fingerprint density at radius 3 is 0.826 bits per heavy atom. The van der Waals surface area contributed by atoms with Crippen LogP contribution in [0.5, 0.6) is 0 Å². The number of hydrogen-bond donors (Lipinski definition) is 0. The third kappa shape index (κ3) is 9.20. The summed E-state index contributed by atoms with van der Waals surface area (Å²) in [4.78, 5) is 5.10. The Balaban J connectivity index is 1.06. The maximum atomic E-state index is 2.55. The highest BCUT2D eigenvalue weighted by molar-refractivity contribution is 6.11. The van der Waals surface area contributed by atoms with Crippen molar-refractivity contribution in [2.45, 2.75) is 26.2 Å². The molecule has 0 aliphatic heterocycles. The van der Waals surface area contributed by atoms with Gasteiger partial charge in [-0.3, -0.25) is 0 Å². The number of fused-ring (bicyclic) bond motifs is 6. The maximum absolute atomic E-state index is 2.55. The molecule has 86 heavy (non-hydrogen) atoms. The van der Waals surface area contributed by atoms with Crippen molar-refractivity contribution in [3.8, 4) is 55.9 Å². The topological polar surface area (TPSA) is 16.3 Å². The molecule has 2 heterocycles. The van der Waals surface area contributed by atoms with E-state index < -0.39 is 0 Å². The fourth-order valence-corrected chi connectivity index (χ4v) is 13.0. The first-order valence-corrected chi connectivity index (χ1v) is 29.7. The monoisotopic (exact) mass is 1100 g/mol. The number of aromatic nitrogens is 2. The van der Waals surface area contributed by atoms with Gasteiger partial charge in [0.15, 0.2) is 0 Å². The summed E-state index contributed by atoms with van der Waals surface area (Å²) in [7, 11) is 0. The molecular weight excluding hydrogens is 1040 g/mol. The molecule has 13 aromatic carbocycles.